The predicted octanol–water partition coefficient (Wildman–Crippen LogP) is 3.24. The fourth-order valence-electron chi connectivity index (χ4n) is 1.85. The van der Waals surface area contributed by atoms with Crippen LogP contribution < -0.4 is 11.3 Å². The fraction of sp³-hybridized carbons (Fsp3) is 0.231. The first-order valence-electron chi connectivity index (χ1n) is 5.56. The minimum Gasteiger partial charge on any atom is -0.469 e. The minimum atomic E-state index is -0.272. The molecule has 1 atom stereocenters. The molecule has 0 fully saturated rings. The summed E-state index contributed by atoms with van der Waals surface area (Å²) >= 11 is 3.25. The normalized spacial score (nSPS) is 12.7. The average molecular weight is 313 g/mol. The summed E-state index contributed by atoms with van der Waals surface area (Å²) in [5, 5.41) is 0. The Hall–Kier alpha value is -1.17. The Labute approximate surface area is 113 Å². The molecule has 0 aliphatic rings. The van der Waals surface area contributed by atoms with Crippen LogP contribution in [0.2, 0.25) is 0 Å². The summed E-state index contributed by atoms with van der Waals surface area (Å²) < 4.78 is 19.2. The van der Waals surface area contributed by atoms with Gasteiger partial charge in [-0.25, -0.2) is 4.39 Å². The molecule has 0 radical (unpaired) electrons. The fourth-order valence-corrected chi connectivity index (χ4v) is 2.27. The summed E-state index contributed by atoms with van der Waals surface area (Å²) in [6, 6.07) is 6.77. The number of hydrogen-bond acceptors (Lipinski definition) is 3. The van der Waals surface area contributed by atoms with Crippen LogP contribution in [0.4, 0.5) is 4.39 Å². The maximum Gasteiger partial charge on any atom is 0.137 e. The van der Waals surface area contributed by atoms with Gasteiger partial charge in [-0.3, -0.25) is 11.3 Å². The lowest BCUT2D eigenvalue weighted by atomic mass is 10.0. The number of rotatable bonds is 4. The molecule has 1 aromatic heterocycles. The van der Waals surface area contributed by atoms with E-state index in [2.05, 4.69) is 21.4 Å². The van der Waals surface area contributed by atoms with Gasteiger partial charge in [0.05, 0.1) is 16.8 Å². The van der Waals surface area contributed by atoms with Gasteiger partial charge in [-0.05, 0) is 47.0 Å². The van der Waals surface area contributed by atoms with Crippen LogP contribution in [0.15, 0.2) is 39.4 Å². The van der Waals surface area contributed by atoms with Crippen molar-refractivity contribution in [1.29, 1.82) is 0 Å². The van der Waals surface area contributed by atoms with Crippen molar-refractivity contribution in [3.63, 3.8) is 0 Å². The molecule has 3 N–H and O–H groups in total. The molecule has 1 unspecified atom stereocenters. The van der Waals surface area contributed by atoms with Crippen molar-refractivity contribution in [2.45, 2.75) is 19.4 Å². The second kappa shape index (κ2) is 5.65. The number of nitrogens with one attached hydrogen (secondary N) is 1. The zero-order valence-electron chi connectivity index (χ0n) is 9.91. The van der Waals surface area contributed by atoms with Crippen LogP contribution in [-0.2, 0) is 6.42 Å². The highest BCUT2D eigenvalue weighted by atomic mass is 79.9. The standard InChI is InChI=1S/C13H14BrFN2O/c1-8-5-10(7-18-8)12(17-16)6-9-3-2-4-11(15)13(9)14/h2-5,7,12,17H,6,16H2,1H3. The SMILES string of the molecule is Cc1cc(C(Cc2cccc(F)c2Br)NN)co1. The molecule has 0 aliphatic carbocycles. The van der Waals surface area contributed by atoms with E-state index < -0.39 is 0 Å². The van der Waals surface area contributed by atoms with Gasteiger partial charge in [-0.2, -0.15) is 0 Å². The first kappa shape index (κ1) is 13.3. The highest BCUT2D eigenvalue weighted by Gasteiger charge is 2.15. The number of nitrogens with two attached hydrogens (primary N) is 1. The molecule has 1 aromatic carbocycles. The summed E-state index contributed by atoms with van der Waals surface area (Å²) in [6.45, 7) is 1.87. The molecule has 0 saturated carbocycles. The van der Waals surface area contributed by atoms with E-state index in [1.54, 1.807) is 12.3 Å². The van der Waals surface area contributed by atoms with E-state index in [1.807, 2.05) is 19.1 Å². The van der Waals surface area contributed by atoms with Crippen LogP contribution in [0.25, 0.3) is 0 Å². The highest BCUT2D eigenvalue weighted by Crippen LogP contribution is 2.26. The van der Waals surface area contributed by atoms with Crippen molar-refractivity contribution >= 4 is 15.9 Å². The van der Waals surface area contributed by atoms with Gasteiger partial charge in [0.15, 0.2) is 0 Å². The summed E-state index contributed by atoms with van der Waals surface area (Å²) in [4.78, 5) is 0. The number of aryl methyl sites for hydroxylation is 1. The predicted molar refractivity (Wildman–Crippen MR) is 71.3 cm³/mol. The molecule has 0 saturated heterocycles. The second-order valence-corrected chi connectivity index (χ2v) is 4.92. The monoisotopic (exact) mass is 312 g/mol. The molecule has 2 rings (SSSR count). The highest BCUT2D eigenvalue weighted by molar-refractivity contribution is 9.10. The van der Waals surface area contributed by atoms with E-state index in [4.69, 9.17) is 10.3 Å². The number of halogens is 2. The number of benzene rings is 1. The van der Waals surface area contributed by atoms with Crippen LogP contribution in [0, 0.1) is 12.7 Å². The minimum absolute atomic E-state index is 0.111. The van der Waals surface area contributed by atoms with Gasteiger partial charge in [0.1, 0.15) is 11.6 Å². The molecule has 18 heavy (non-hydrogen) atoms. The van der Waals surface area contributed by atoms with Crippen molar-refractivity contribution in [2.75, 3.05) is 0 Å². The summed E-state index contributed by atoms with van der Waals surface area (Å²) in [7, 11) is 0. The zero-order valence-corrected chi connectivity index (χ0v) is 11.5. The molecule has 0 amide bonds. The van der Waals surface area contributed by atoms with Crippen LogP contribution >= 0.6 is 15.9 Å². The Morgan fingerprint density at radius 2 is 2.28 bits per heavy atom. The Bertz CT molecular complexity index is 542. The van der Waals surface area contributed by atoms with Gasteiger partial charge in [-0.1, -0.05) is 12.1 Å². The Kier molecular flexibility index (Phi) is 4.16. The van der Waals surface area contributed by atoms with E-state index >= 15 is 0 Å². The lowest BCUT2D eigenvalue weighted by Gasteiger charge is -2.15. The summed E-state index contributed by atoms with van der Waals surface area (Å²) in [5.41, 5.74) is 4.53. The van der Waals surface area contributed by atoms with Crippen molar-refractivity contribution in [2.24, 2.45) is 5.84 Å². The van der Waals surface area contributed by atoms with Crippen LogP contribution in [0.1, 0.15) is 22.9 Å². The van der Waals surface area contributed by atoms with Gasteiger partial charge < -0.3 is 4.42 Å². The smallest absolute Gasteiger partial charge is 0.137 e. The van der Waals surface area contributed by atoms with Gasteiger partial charge in [-0.15, -0.1) is 0 Å². The third-order valence-corrected chi connectivity index (χ3v) is 3.70. The van der Waals surface area contributed by atoms with Crippen LogP contribution in [-0.4, -0.2) is 0 Å². The van der Waals surface area contributed by atoms with Crippen LogP contribution in [0.5, 0.6) is 0 Å². The lowest BCUT2D eigenvalue weighted by molar-refractivity contribution is 0.510. The second-order valence-electron chi connectivity index (χ2n) is 4.13. The molecule has 0 spiro atoms. The van der Waals surface area contributed by atoms with E-state index in [0.29, 0.717) is 10.9 Å². The third kappa shape index (κ3) is 2.80. The zero-order chi connectivity index (χ0) is 13.1. The van der Waals surface area contributed by atoms with Crippen LogP contribution in [0.3, 0.4) is 0 Å². The third-order valence-electron chi connectivity index (χ3n) is 2.81. The molecule has 96 valence electrons. The molecule has 2 aromatic rings. The van der Waals surface area contributed by atoms with E-state index in [1.165, 1.54) is 6.07 Å². The summed E-state index contributed by atoms with van der Waals surface area (Å²) in [5.74, 6) is 6.10. The molecular formula is C13H14BrFN2O. The van der Waals surface area contributed by atoms with E-state index in [9.17, 15) is 4.39 Å². The van der Waals surface area contributed by atoms with Gasteiger partial charge in [0.2, 0.25) is 0 Å². The van der Waals surface area contributed by atoms with Crippen molar-refractivity contribution in [1.82, 2.24) is 5.43 Å². The topological polar surface area (TPSA) is 51.2 Å². The Morgan fingerprint density at radius 1 is 1.50 bits per heavy atom. The Morgan fingerprint density at radius 3 is 2.89 bits per heavy atom. The van der Waals surface area contributed by atoms with Crippen molar-refractivity contribution in [3.8, 4) is 0 Å². The number of furan rings is 1. The quantitative estimate of drug-likeness (QED) is 0.673. The number of hydrogen-bond donors (Lipinski definition) is 2. The first-order chi connectivity index (χ1) is 8.61. The Balaban J connectivity index is 2.23. The van der Waals surface area contributed by atoms with Gasteiger partial charge in [0, 0.05) is 5.56 Å². The molecule has 1 heterocycles. The molecule has 0 aliphatic heterocycles. The average Bonchev–Trinajstić information content (AvgIpc) is 2.78. The van der Waals surface area contributed by atoms with Gasteiger partial charge >= 0.3 is 0 Å². The maximum absolute atomic E-state index is 13.4. The summed E-state index contributed by atoms with van der Waals surface area (Å²) in [6.07, 6.45) is 2.24. The van der Waals surface area contributed by atoms with Crippen molar-refractivity contribution in [3.05, 3.63) is 57.7 Å². The number of hydrazine groups is 1. The molecule has 0 bridgehead atoms. The first-order valence-corrected chi connectivity index (χ1v) is 6.35. The van der Waals surface area contributed by atoms with E-state index in [0.717, 1.165) is 16.9 Å². The maximum atomic E-state index is 13.4. The molecular weight excluding hydrogens is 299 g/mol. The van der Waals surface area contributed by atoms with E-state index in [-0.39, 0.29) is 11.9 Å². The van der Waals surface area contributed by atoms with Crippen molar-refractivity contribution < 1.29 is 8.81 Å². The molecule has 3 nitrogen and oxygen atoms in total. The van der Waals surface area contributed by atoms with Gasteiger partial charge in [0.25, 0.3) is 0 Å². The molecule has 5 heteroatoms. The largest absolute Gasteiger partial charge is 0.469 e. The lowest BCUT2D eigenvalue weighted by Crippen LogP contribution is -2.29.